The van der Waals surface area contributed by atoms with Crippen molar-refractivity contribution in [1.29, 1.82) is 5.26 Å². The van der Waals surface area contributed by atoms with Crippen LogP contribution in [-0.2, 0) is 9.59 Å². The van der Waals surface area contributed by atoms with Crippen LogP contribution in [-0.4, -0.2) is 22.8 Å². The summed E-state index contributed by atoms with van der Waals surface area (Å²) in [6.07, 6.45) is 2.86. The maximum atomic E-state index is 11.8. The molecule has 15 heavy (non-hydrogen) atoms. The molecule has 1 heterocycles. The average Bonchev–Trinajstić information content (AvgIpc) is 2.73. The van der Waals surface area contributed by atoms with Crippen LogP contribution < -0.4 is 0 Å². The van der Waals surface area contributed by atoms with Crippen molar-refractivity contribution in [3.63, 3.8) is 0 Å². The molecule has 0 spiro atoms. The number of likely N-dealkylation sites (tertiary alicyclic amines) is 1. The number of carbonyl (C=O) groups excluding carboxylic acids is 2. The standard InChI is InChI=1S/C11H14N2O2/c1-7-5-10(14)13(11(7)15)9-4-2-3-8(9)6-12/h7-9H,2-5H2,1H3. The highest BCUT2D eigenvalue weighted by molar-refractivity contribution is 6.03. The Labute approximate surface area is 88.9 Å². The van der Waals surface area contributed by atoms with E-state index in [2.05, 4.69) is 6.07 Å². The molecule has 1 aliphatic carbocycles. The van der Waals surface area contributed by atoms with Gasteiger partial charge in [-0.3, -0.25) is 14.5 Å². The lowest BCUT2D eigenvalue weighted by molar-refractivity contribution is -0.142. The van der Waals surface area contributed by atoms with Gasteiger partial charge in [0.05, 0.1) is 18.0 Å². The van der Waals surface area contributed by atoms with E-state index in [1.807, 2.05) is 0 Å². The fourth-order valence-corrected chi connectivity index (χ4v) is 2.56. The Morgan fingerprint density at radius 2 is 2.13 bits per heavy atom. The molecule has 0 aromatic heterocycles. The number of nitriles is 1. The van der Waals surface area contributed by atoms with Crippen LogP contribution in [0.3, 0.4) is 0 Å². The summed E-state index contributed by atoms with van der Waals surface area (Å²) in [5, 5.41) is 8.94. The normalized spacial score (nSPS) is 36.0. The molecule has 4 nitrogen and oxygen atoms in total. The van der Waals surface area contributed by atoms with Crippen LogP contribution in [0.4, 0.5) is 0 Å². The van der Waals surface area contributed by atoms with E-state index >= 15 is 0 Å². The van der Waals surface area contributed by atoms with Gasteiger partial charge in [-0.25, -0.2) is 0 Å². The second-order valence-corrected chi connectivity index (χ2v) is 4.44. The van der Waals surface area contributed by atoms with Crippen LogP contribution in [0.1, 0.15) is 32.6 Å². The van der Waals surface area contributed by atoms with E-state index in [-0.39, 0.29) is 29.7 Å². The van der Waals surface area contributed by atoms with Crippen molar-refractivity contribution in [3.05, 3.63) is 0 Å². The minimum Gasteiger partial charge on any atom is -0.278 e. The van der Waals surface area contributed by atoms with Crippen molar-refractivity contribution in [1.82, 2.24) is 4.90 Å². The molecule has 0 N–H and O–H groups in total. The monoisotopic (exact) mass is 206 g/mol. The van der Waals surface area contributed by atoms with Crippen LogP contribution >= 0.6 is 0 Å². The molecule has 4 heteroatoms. The second kappa shape index (κ2) is 3.65. The lowest BCUT2D eigenvalue weighted by Gasteiger charge is -2.24. The number of hydrogen-bond acceptors (Lipinski definition) is 3. The Hall–Kier alpha value is -1.37. The maximum Gasteiger partial charge on any atom is 0.232 e. The number of nitrogens with zero attached hydrogens (tertiary/aromatic N) is 2. The molecule has 1 saturated carbocycles. The van der Waals surface area contributed by atoms with Gasteiger partial charge >= 0.3 is 0 Å². The fraction of sp³-hybridized carbons (Fsp3) is 0.727. The third-order valence-corrected chi connectivity index (χ3v) is 3.39. The first-order valence-corrected chi connectivity index (χ1v) is 5.40. The Balaban J connectivity index is 2.20. The Morgan fingerprint density at radius 1 is 1.40 bits per heavy atom. The maximum absolute atomic E-state index is 11.8. The minimum absolute atomic E-state index is 0.0906. The predicted molar refractivity (Wildman–Crippen MR) is 52.4 cm³/mol. The zero-order chi connectivity index (χ0) is 11.0. The SMILES string of the molecule is CC1CC(=O)N(C2CCCC2C#N)C1=O. The van der Waals surface area contributed by atoms with Crippen molar-refractivity contribution in [2.24, 2.45) is 11.8 Å². The van der Waals surface area contributed by atoms with Crippen molar-refractivity contribution in [2.45, 2.75) is 38.6 Å². The van der Waals surface area contributed by atoms with Gasteiger partial charge < -0.3 is 0 Å². The summed E-state index contributed by atoms with van der Waals surface area (Å²) in [6.45, 7) is 1.77. The van der Waals surface area contributed by atoms with E-state index in [1.165, 1.54) is 4.90 Å². The summed E-state index contributed by atoms with van der Waals surface area (Å²) in [4.78, 5) is 24.8. The second-order valence-electron chi connectivity index (χ2n) is 4.44. The first-order valence-electron chi connectivity index (χ1n) is 5.40. The van der Waals surface area contributed by atoms with Crippen molar-refractivity contribution >= 4 is 11.8 Å². The number of imide groups is 1. The Kier molecular flexibility index (Phi) is 2.47. The molecule has 3 atom stereocenters. The van der Waals surface area contributed by atoms with E-state index in [1.54, 1.807) is 6.92 Å². The van der Waals surface area contributed by atoms with Gasteiger partial charge in [-0.15, -0.1) is 0 Å². The average molecular weight is 206 g/mol. The Bertz CT molecular complexity index is 345. The molecule has 0 bridgehead atoms. The van der Waals surface area contributed by atoms with E-state index < -0.39 is 0 Å². The van der Waals surface area contributed by atoms with Crippen LogP contribution in [0, 0.1) is 23.2 Å². The molecule has 2 fully saturated rings. The van der Waals surface area contributed by atoms with Gasteiger partial charge in [0.15, 0.2) is 0 Å². The number of rotatable bonds is 1. The zero-order valence-corrected chi connectivity index (χ0v) is 8.77. The van der Waals surface area contributed by atoms with Crippen molar-refractivity contribution in [2.75, 3.05) is 0 Å². The van der Waals surface area contributed by atoms with Gasteiger partial charge in [0.1, 0.15) is 0 Å². The third-order valence-electron chi connectivity index (χ3n) is 3.39. The molecule has 0 radical (unpaired) electrons. The van der Waals surface area contributed by atoms with Gasteiger partial charge in [0, 0.05) is 12.3 Å². The highest BCUT2D eigenvalue weighted by atomic mass is 16.2. The van der Waals surface area contributed by atoms with Crippen LogP contribution in [0.15, 0.2) is 0 Å². The summed E-state index contributed by atoms with van der Waals surface area (Å²) < 4.78 is 0. The molecule has 2 amide bonds. The molecule has 2 rings (SSSR count). The quantitative estimate of drug-likeness (QED) is 0.603. The van der Waals surface area contributed by atoms with Crippen molar-refractivity contribution in [3.8, 4) is 6.07 Å². The topological polar surface area (TPSA) is 61.2 Å². The van der Waals surface area contributed by atoms with Crippen molar-refractivity contribution < 1.29 is 9.59 Å². The molecule has 3 unspecified atom stereocenters. The summed E-state index contributed by atoms with van der Waals surface area (Å²) in [5.74, 6) is -0.535. The van der Waals surface area contributed by atoms with Gasteiger partial charge in [0.2, 0.25) is 11.8 Å². The predicted octanol–water partition coefficient (Wildman–Crippen LogP) is 1.07. The smallest absolute Gasteiger partial charge is 0.232 e. The number of hydrogen-bond donors (Lipinski definition) is 0. The zero-order valence-electron chi connectivity index (χ0n) is 8.77. The first kappa shape index (κ1) is 10.2. The lowest BCUT2D eigenvalue weighted by atomic mass is 10.0. The van der Waals surface area contributed by atoms with Gasteiger partial charge in [-0.2, -0.15) is 5.26 Å². The summed E-state index contributed by atoms with van der Waals surface area (Å²) in [7, 11) is 0. The summed E-state index contributed by atoms with van der Waals surface area (Å²) >= 11 is 0. The fourth-order valence-electron chi connectivity index (χ4n) is 2.56. The Morgan fingerprint density at radius 3 is 2.67 bits per heavy atom. The van der Waals surface area contributed by atoms with Crippen LogP contribution in [0.2, 0.25) is 0 Å². The van der Waals surface area contributed by atoms with Crippen LogP contribution in [0.5, 0.6) is 0 Å². The van der Waals surface area contributed by atoms with Gasteiger partial charge in [-0.1, -0.05) is 6.92 Å². The molecule has 2 aliphatic rings. The molecule has 1 aliphatic heterocycles. The highest BCUT2D eigenvalue weighted by Crippen LogP contribution is 2.33. The molecule has 1 saturated heterocycles. The lowest BCUT2D eigenvalue weighted by Crippen LogP contribution is -2.41. The summed E-state index contributed by atoms with van der Waals surface area (Å²) in [6, 6.07) is 2.05. The largest absolute Gasteiger partial charge is 0.278 e. The van der Waals surface area contributed by atoms with E-state index in [0.29, 0.717) is 6.42 Å². The third kappa shape index (κ3) is 1.52. The van der Waals surface area contributed by atoms with E-state index in [0.717, 1.165) is 19.3 Å². The number of amides is 2. The van der Waals surface area contributed by atoms with E-state index in [9.17, 15) is 9.59 Å². The minimum atomic E-state index is -0.197. The number of carbonyl (C=O) groups is 2. The molecular weight excluding hydrogens is 192 g/mol. The van der Waals surface area contributed by atoms with Crippen LogP contribution in [0.25, 0.3) is 0 Å². The molecular formula is C11H14N2O2. The van der Waals surface area contributed by atoms with E-state index in [4.69, 9.17) is 5.26 Å². The molecule has 0 aromatic carbocycles. The first-order chi connectivity index (χ1) is 7.15. The van der Waals surface area contributed by atoms with Gasteiger partial charge in [-0.05, 0) is 19.3 Å². The molecule has 80 valence electrons. The highest BCUT2D eigenvalue weighted by Gasteiger charge is 2.44. The summed E-state index contributed by atoms with van der Waals surface area (Å²) in [5.41, 5.74) is 0. The molecule has 0 aromatic rings. The van der Waals surface area contributed by atoms with Gasteiger partial charge in [0.25, 0.3) is 0 Å².